The number of benzene rings is 2. The van der Waals surface area contributed by atoms with Crippen molar-refractivity contribution in [1.82, 2.24) is 4.90 Å². The largest absolute Gasteiger partial charge is 0.392 e. The molecule has 25 heavy (non-hydrogen) atoms. The van der Waals surface area contributed by atoms with Crippen molar-refractivity contribution >= 4 is 0 Å². The van der Waals surface area contributed by atoms with Gasteiger partial charge in [-0.2, -0.15) is 5.26 Å². The van der Waals surface area contributed by atoms with E-state index < -0.39 is 5.72 Å². The summed E-state index contributed by atoms with van der Waals surface area (Å²) >= 11 is 0. The molecule has 2 rings (SSSR count). The molecule has 0 heterocycles. The van der Waals surface area contributed by atoms with Crippen molar-refractivity contribution in [2.45, 2.75) is 31.6 Å². The molecular weight excluding hydrogens is 319 g/mol. The van der Waals surface area contributed by atoms with Gasteiger partial charge in [0, 0.05) is 0 Å². The minimum atomic E-state index is -1.19. The summed E-state index contributed by atoms with van der Waals surface area (Å²) in [7, 11) is 3.56. The number of nitrogens with zero attached hydrogens (tertiary/aromatic N) is 2. The van der Waals surface area contributed by atoms with Crippen LogP contribution in [0.25, 0.3) is 0 Å². The van der Waals surface area contributed by atoms with Gasteiger partial charge in [0.05, 0.1) is 18.2 Å². The minimum absolute atomic E-state index is 0.124. The van der Waals surface area contributed by atoms with Gasteiger partial charge in [0.25, 0.3) is 0 Å². The molecule has 0 radical (unpaired) electrons. The highest BCUT2D eigenvalue weighted by molar-refractivity contribution is 5.38. The second kappa shape index (κ2) is 8.21. The zero-order valence-electron chi connectivity index (χ0n) is 14.5. The Hall–Kier alpha value is -2.26. The minimum Gasteiger partial charge on any atom is -0.392 e. The van der Waals surface area contributed by atoms with Gasteiger partial charge in [-0.25, -0.2) is 4.39 Å². The zero-order valence-corrected chi connectivity index (χ0v) is 14.5. The van der Waals surface area contributed by atoms with E-state index in [2.05, 4.69) is 6.07 Å². The third-order valence-electron chi connectivity index (χ3n) is 4.52. The van der Waals surface area contributed by atoms with Crippen LogP contribution in [0.2, 0.25) is 0 Å². The highest BCUT2D eigenvalue weighted by Crippen LogP contribution is 2.30. The van der Waals surface area contributed by atoms with E-state index >= 15 is 0 Å². The number of halogens is 1. The Bertz CT molecular complexity index is 753. The molecule has 0 saturated heterocycles. The lowest BCUT2D eigenvalue weighted by molar-refractivity contribution is -0.0972. The third-order valence-corrected chi connectivity index (χ3v) is 4.52. The monoisotopic (exact) mass is 342 g/mol. The predicted molar refractivity (Wildman–Crippen MR) is 94.0 cm³/mol. The first-order valence-electron chi connectivity index (χ1n) is 8.19. The Labute approximate surface area is 147 Å². The number of rotatable bonds is 7. The van der Waals surface area contributed by atoms with Crippen LogP contribution in [0.4, 0.5) is 4.39 Å². The Morgan fingerprint density at radius 2 is 1.80 bits per heavy atom. The van der Waals surface area contributed by atoms with Crippen LogP contribution >= 0.6 is 0 Å². The summed E-state index contributed by atoms with van der Waals surface area (Å²) in [5.41, 5.74) is 1.65. The van der Waals surface area contributed by atoms with Crippen molar-refractivity contribution in [3.8, 4) is 6.07 Å². The predicted octanol–water partition coefficient (Wildman–Crippen LogP) is 2.92. The topological polar surface area (TPSA) is 67.5 Å². The van der Waals surface area contributed by atoms with Gasteiger partial charge in [0.2, 0.25) is 0 Å². The van der Waals surface area contributed by atoms with Crippen LogP contribution in [0.5, 0.6) is 0 Å². The number of aliphatic hydroxyl groups is 2. The van der Waals surface area contributed by atoms with Gasteiger partial charge in [-0.3, -0.25) is 4.90 Å². The summed E-state index contributed by atoms with van der Waals surface area (Å²) in [6.45, 7) is -0.124. The molecule has 0 aromatic heterocycles. The summed E-state index contributed by atoms with van der Waals surface area (Å²) in [6, 6.07) is 13.2. The fourth-order valence-electron chi connectivity index (χ4n) is 2.95. The molecule has 0 aliphatic heterocycles. The lowest BCUT2D eigenvalue weighted by Gasteiger charge is -2.35. The first-order chi connectivity index (χ1) is 11.9. The van der Waals surface area contributed by atoms with Gasteiger partial charge >= 0.3 is 0 Å². The first-order valence-corrected chi connectivity index (χ1v) is 8.19. The highest BCUT2D eigenvalue weighted by Gasteiger charge is 2.31. The summed E-state index contributed by atoms with van der Waals surface area (Å²) < 4.78 is 13.2. The molecule has 2 N–H and O–H groups in total. The maximum Gasteiger partial charge on any atom is 0.144 e. The lowest BCUT2D eigenvalue weighted by Crippen LogP contribution is -2.41. The van der Waals surface area contributed by atoms with E-state index in [0.29, 0.717) is 30.4 Å². The van der Waals surface area contributed by atoms with Crippen molar-refractivity contribution in [3.63, 3.8) is 0 Å². The molecule has 0 bridgehead atoms. The molecule has 1 atom stereocenters. The molecular formula is C20H23FN2O2. The summed E-state index contributed by atoms with van der Waals surface area (Å²) in [4.78, 5) is 1.71. The lowest BCUT2D eigenvalue weighted by atomic mass is 9.93. The second-order valence-corrected chi connectivity index (χ2v) is 6.32. The number of aryl methyl sites for hydroxylation is 1. The molecule has 0 aliphatic rings. The van der Waals surface area contributed by atoms with Crippen molar-refractivity contribution < 1.29 is 14.6 Å². The van der Waals surface area contributed by atoms with E-state index in [0.717, 1.165) is 11.1 Å². The van der Waals surface area contributed by atoms with E-state index in [9.17, 15) is 14.6 Å². The van der Waals surface area contributed by atoms with Gasteiger partial charge in [-0.05, 0) is 74.3 Å². The Morgan fingerprint density at radius 1 is 1.12 bits per heavy atom. The van der Waals surface area contributed by atoms with Crippen LogP contribution < -0.4 is 0 Å². The standard InChI is InChI=1S/C20H23FN2O2/c1-23(2)20(25,18-7-9-19(21)10-8-18)11-3-4-16-6-5-15(13-22)12-17(16)14-24/h5-10,12,24-25H,3-4,11,14H2,1-2H3. The molecule has 0 amide bonds. The van der Waals surface area contributed by atoms with Gasteiger partial charge in [-0.1, -0.05) is 18.2 Å². The van der Waals surface area contributed by atoms with Crippen molar-refractivity contribution in [3.05, 3.63) is 70.5 Å². The number of nitriles is 1. The average molecular weight is 342 g/mol. The number of aliphatic hydroxyl groups excluding tert-OH is 1. The maximum absolute atomic E-state index is 13.2. The molecule has 1 unspecified atom stereocenters. The first kappa shape index (κ1) is 19.1. The molecule has 0 spiro atoms. The van der Waals surface area contributed by atoms with Crippen molar-refractivity contribution in [2.75, 3.05) is 14.1 Å². The Balaban J connectivity index is 2.12. The molecule has 0 fully saturated rings. The molecule has 0 saturated carbocycles. The molecule has 2 aromatic rings. The van der Waals surface area contributed by atoms with Crippen LogP contribution in [0, 0.1) is 17.1 Å². The van der Waals surface area contributed by atoms with E-state index in [1.807, 2.05) is 6.07 Å². The quantitative estimate of drug-likeness (QED) is 0.759. The second-order valence-electron chi connectivity index (χ2n) is 6.32. The number of hydrogen-bond donors (Lipinski definition) is 2. The number of hydrogen-bond acceptors (Lipinski definition) is 4. The van der Waals surface area contributed by atoms with Crippen molar-refractivity contribution in [1.29, 1.82) is 5.26 Å². The van der Waals surface area contributed by atoms with Crippen LogP contribution in [-0.4, -0.2) is 29.2 Å². The Kier molecular flexibility index (Phi) is 6.27. The van der Waals surface area contributed by atoms with E-state index in [-0.39, 0.29) is 12.4 Å². The van der Waals surface area contributed by atoms with Crippen molar-refractivity contribution in [2.24, 2.45) is 0 Å². The van der Waals surface area contributed by atoms with E-state index in [1.165, 1.54) is 12.1 Å². The zero-order chi connectivity index (χ0) is 18.4. The average Bonchev–Trinajstić information content (AvgIpc) is 2.62. The summed E-state index contributed by atoms with van der Waals surface area (Å²) in [5.74, 6) is -0.338. The van der Waals surface area contributed by atoms with Gasteiger partial charge in [0.1, 0.15) is 11.5 Å². The van der Waals surface area contributed by atoms with Gasteiger partial charge in [-0.15, -0.1) is 0 Å². The third kappa shape index (κ3) is 4.43. The van der Waals surface area contributed by atoms with E-state index in [1.54, 1.807) is 43.3 Å². The van der Waals surface area contributed by atoms with Gasteiger partial charge < -0.3 is 10.2 Å². The molecule has 5 heteroatoms. The van der Waals surface area contributed by atoms with Crippen LogP contribution in [0.15, 0.2) is 42.5 Å². The maximum atomic E-state index is 13.2. The van der Waals surface area contributed by atoms with Crippen LogP contribution in [0.3, 0.4) is 0 Å². The molecule has 132 valence electrons. The fourth-order valence-corrected chi connectivity index (χ4v) is 2.95. The summed E-state index contributed by atoms with van der Waals surface area (Å²) in [5, 5.41) is 29.5. The van der Waals surface area contributed by atoms with Crippen LogP contribution in [0.1, 0.15) is 35.1 Å². The summed E-state index contributed by atoms with van der Waals surface area (Å²) in [6.07, 6.45) is 1.79. The smallest absolute Gasteiger partial charge is 0.144 e. The van der Waals surface area contributed by atoms with E-state index in [4.69, 9.17) is 5.26 Å². The fraction of sp³-hybridized carbons (Fsp3) is 0.350. The van der Waals surface area contributed by atoms with Crippen LogP contribution in [-0.2, 0) is 18.8 Å². The Morgan fingerprint density at radius 3 is 2.36 bits per heavy atom. The molecule has 4 nitrogen and oxygen atoms in total. The highest BCUT2D eigenvalue weighted by atomic mass is 19.1. The van der Waals surface area contributed by atoms with Gasteiger partial charge in [0.15, 0.2) is 0 Å². The SMILES string of the molecule is CN(C)C(O)(CCCc1ccc(C#N)cc1CO)c1ccc(F)cc1. The molecule has 2 aromatic carbocycles. The molecule has 0 aliphatic carbocycles. The normalized spacial score (nSPS) is 13.5.